The molecule has 0 aromatic rings. The maximum Gasteiger partial charge on any atom is 0.303 e. The molecule has 100 valence electrons. The molecule has 0 spiro atoms. The van der Waals surface area contributed by atoms with Crippen molar-refractivity contribution < 1.29 is 19.0 Å². The van der Waals surface area contributed by atoms with Gasteiger partial charge < -0.3 is 14.2 Å². The summed E-state index contributed by atoms with van der Waals surface area (Å²) in [5.41, 5.74) is -0.989. The lowest BCUT2D eigenvalue weighted by atomic mass is 9.77. The van der Waals surface area contributed by atoms with Crippen LogP contribution in [0.25, 0.3) is 0 Å². The molecular formula is C13H24O4. The van der Waals surface area contributed by atoms with E-state index in [1.807, 2.05) is 6.92 Å². The molecule has 0 aromatic carbocycles. The van der Waals surface area contributed by atoms with E-state index in [0.29, 0.717) is 0 Å². The first-order valence-corrected chi connectivity index (χ1v) is 6.26. The molecule has 0 aromatic heterocycles. The molecule has 17 heavy (non-hydrogen) atoms. The van der Waals surface area contributed by atoms with E-state index in [2.05, 4.69) is 20.8 Å². The summed E-state index contributed by atoms with van der Waals surface area (Å²) in [7, 11) is 1.58. The zero-order valence-corrected chi connectivity index (χ0v) is 11.7. The molecule has 0 unspecified atom stereocenters. The average Bonchev–Trinajstić information content (AvgIpc) is 2.49. The first-order chi connectivity index (χ1) is 7.86. The molecule has 0 amide bonds. The number of ether oxygens (including phenoxy) is 3. The summed E-state index contributed by atoms with van der Waals surface area (Å²) in [6.45, 7) is 9.55. The molecule has 1 saturated heterocycles. The van der Waals surface area contributed by atoms with Gasteiger partial charge in [0.2, 0.25) is 0 Å². The lowest BCUT2D eigenvalue weighted by molar-refractivity contribution is -0.214. The first-order valence-electron chi connectivity index (χ1n) is 6.26. The van der Waals surface area contributed by atoms with E-state index in [1.54, 1.807) is 7.11 Å². The molecule has 0 saturated carbocycles. The van der Waals surface area contributed by atoms with Crippen molar-refractivity contribution in [1.82, 2.24) is 0 Å². The van der Waals surface area contributed by atoms with Crippen molar-refractivity contribution in [1.29, 1.82) is 0 Å². The number of esters is 1. The Morgan fingerprint density at radius 1 is 1.35 bits per heavy atom. The second-order valence-corrected chi connectivity index (χ2v) is 4.96. The molecule has 0 aliphatic carbocycles. The second-order valence-electron chi connectivity index (χ2n) is 4.96. The molecule has 1 aliphatic heterocycles. The highest BCUT2D eigenvalue weighted by Crippen LogP contribution is 2.49. The van der Waals surface area contributed by atoms with E-state index in [1.165, 1.54) is 6.92 Å². The van der Waals surface area contributed by atoms with Crippen LogP contribution >= 0.6 is 0 Å². The molecule has 1 aliphatic rings. The zero-order chi connectivity index (χ0) is 13.3. The molecule has 1 heterocycles. The van der Waals surface area contributed by atoms with Gasteiger partial charge in [-0.1, -0.05) is 20.8 Å². The van der Waals surface area contributed by atoms with Crippen molar-refractivity contribution in [2.24, 2.45) is 5.92 Å². The Balaban J connectivity index is 3.07. The summed E-state index contributed by atoms with van der Waals surface area (Å²) in [5.74, 6) is -0.202. The van der Waals surface area contributed by atoms with Gasteiger partial charge in [-0.25, -0.2) is 0 Å². The summed E-state index contributed by atoms with van der Waals surface area (Å²) < 4.78 is 16.9. The molecule has 1 fully saturated rings. The first kappa shape index (κ1) is 14.5. The number of carbonyl (C=O) groups is 1. The van der Waals surface area contributed by atoms with Gasteiger partial charge in [0, 0.05) is 20.0 Å². The quantitative estimate of drug-likeness (QED) is 0.713. The maximum absolute atomic E-state index is 11.3. The summed E-state index contributed by atoms with van der Waals surface area (Å²) in [6, 6.07) is 0. The van der Waals surface area contributed by atoms with Crippen LogP contribution in [0.5, 0.6) is 0 Å². The van der Waals surface area contributed by atoms with Gasteiger partial charge in [-0.3, -0.25) is 4.79 Å². The fourth-order valence-electron chi connectivity index (χ4n) is 2.92. The Morgan fingerprint density at radius 3 is 2.24 bits per heavy atom. The molecule has 0 N–H and O–H groups in total. The topological polar surface area (TPSA) is 44.8 Å². The van der Waals surface area contributed by atoms with Crippen molar-refractivity contribution in [2.45, 2.75) is 65.0 Å². The number of hydrogen-bond donors (Lipinski definition) is 0. The van der Waals surface area contributed by atoms with Gasteiger partial charge in [0.15, 0.2) is 11.9 Å². The Labute approximate surface area is 104 Å². The van der Waals surface area contributed by atoms with Crippen LogP contribution in [0, 0.1) is 5.92 Å². The lowest BCUT2D eigenvalue weighted by Gasteiger charge is -2.35. The normalized spacial score (nSPS) is 35.9. The number of rotatable bonds is 4. The largest absolute Gasteiger partial charge is 0.454 e. The summed E-state index contributed by atoms with van der Waals surface area (Å²) in [4.78, 5) is 11.3. The van der Waals surface area contributed by atoms with Gasteiger partial charge >= 0.3 is 5.97 Å². The molecule has 0 bridgehead atoms. The second kappa shape index (κ2) is 4.94. The van der Waals surface area contributed by atoms with E-state index >= 15 is 0 Å². The van der Waals surface area contributed by atoms with Gasteiger partial charge in [0.1, 0.15) is 0 Å². The smallest absolute Gasteiger partial charge is 0.303 e. The summed E-state index contributed by atoms with van der Waals surface area (Å²) in [6.07, 6.45) is 1.25. The lowest BCUT2D eigenvalue weighted by Crippen LogP contribution is -2.47. The molecule has 3 atom stereocenters. The van der Waals surface area contributed by atoms with Crippen molar-refractivity contribution in [3.05, 3.63) is 0 Å². The van der Waals surface area contributed by atoms with E-state index in [-0.39, 0.29) is 17.5 Å². The van der Waals surface area contributed by atoms with Crippen LogP contribution < -0.4 is 0 Å². The Morgan fingerprint density at radius 2 is 1.88 bits per heavy atom. The monoisotopic (exact) mass is 244 g/mol. The number of methoxy groups -OCH3 is 1. The maximum atomic E-state index is 11.3. The highest BCUT2D eigenvalue weighted by atomic mass is 16.7. The standard InChI is InChI=1S/C13H24O4/c1-7-13(8-2)9(3)12(5,16-10(4)14)11(15-6)17-13/h9,11H,7-8H2,1-6H3/t9-,11-,12+/m0/s1. The van der Waals surface area contributed by atoms with E-state index in [9.17, 15) is 4.79 Å². The van der Waals surface area contributed by atoms with Crippen LogP contribution in [0.15, 0.2) is 0 Å². The minimum atomic E-state index is -0.716. The summed E-state index contributed by atoms with van der Waals surface area (Å²) >= 11 is 0. The van der Waals surface area contributed by atoms with Gasteiger partial charge in [-0.15, -0.1) is 0 Å². The van der Waals surface area contributed by atoms with Gasteiger partial charge in [0.25, 0.3) is 0 Å². The van der Waals surface area contributed by atoms with Crippen molar-refractivity contribution in [3.63, 3.8) is 0 Å². The van der Waals surface area contributed by atoms with Crippen molar-refractivity contribution >= 4 is 5.97 Å². The number of carbonyl (C=O) groups excluding carboxylic acids is 1. The molecule has 0 radical (unpaired) electrons. The Bertz CT molecular complexity index is 285. The number of hydrogen-bond acceptors (Lipinski definition) is 4. The molecule has 4 nitrogen and oxygen atoms in total. The molecule has 1 rings (SSSR count). The minimum absolute atomic E-state index is 0.0962. The molecular weight excluding hydrogens is 220 g/mol. The fraction of sp³-hybridized carbons (Fsp3) is 0.923. The highest BCUT2D eigenvalue weighted by Gasteiger charge is 2.60. The summed E-state index contributed by atoms with van der Waals surface area (Å²) in [5, 5.41) is 0. The Hall–Kier alpha value is -0.610. The van der Waals surface area contributed by atoms with Crippen LogP contribution in [0.4, 0.5) is 0 Å². The third-order valence-electron chi connectivity index (χ3n) is 4.23. The third-order valence-corrected chi connectivity index (χ3v) is 4.23. The average molecular weight is 244 g/mol. The Kier molecular flexibility index (Phi) is 4.20. The van der Waals surface area contributed by atoms with Crippen LogP contribution in [0.1, 0.15) is 47.5 Å². The zero-order valence-electron chi connectivity index (χ0n) is 11.7. The van der Waals surface area contributed by atoms with E-state index in [4.69, 9.17) is 14.2 Å². The highest BCUT2D eigenvalue weighted by molar-refractivity contribution is 5.66. The van der Waals surface area contributed by atoms with Crippen LogP contribution in [-0.4, -0.2) is 30.6 Å². The SMILES string of the molecule is CCC1(CC)O[C@H](OC)[C@](C)(OC(C)=O)[C@@H]1C. The predicted molar refractivity (Wildman–Crippen MR) is 64.5 cm³/mol. The van der Waals surface area contributed by atoms with Gasteiger partial charge in [-0.05, 0) is 19.8 Å². The van der Waals surface area contributed by atoms with Crippen LogP contribution in [0.3, 0.4) is 0 Å². The van der Waals surface area contributed by atoms with Gasteiger partial charge in [0.05, 0.1) is 5.60 Å². The van der Waals surface area contributed by atoms with Crippen LogP contribution in [-0.2, 0) is 19.0 Å². The van der Waals surface area contributed by atoms with Crippen molar-refractivity contribution in [2.75, 3.05) is 7.11 Å². The molecule has 4 heteroatoms. The van der Waals surface area contributed by atoms with E-state index < -0.39 is 11.9 Å². The third kappa shape index (κ3) is 2.20. The van der Waals surface area contributed by atoms with Gasteiger partial charge in [-0.2, -0.15) is 0 Å². The minimum Gasteiger partial charge on any atom is -0.454 e. The fourth-order valence-corrected chi connectivity index (χ4v) is 2.92. The van der Waals surface area contributed by atoms with E-state index in [0.717, 1.165) is 12.8 Å². The van der Waals surface area contributed by atoms with Crippen LogP contribution in [0.2, 0.25) is 0 Å². The predicted octanol–water partition coefficient (Wildman–Crippen LogP) is 2.51. The van der Waals surface area contributed by atoms with Crippen molar-refractivity contribution in [3.8, 4) is 0 Å².